The fraction of sp³-hybridized carbons (Fsp3) is 0.571. The highest BCUT2D eigenvalue weighted by molar-refractivity contribution is 6.17. The van der Waals surface area contributed by atoms with E-state index in [0.29, 0.717) is 11.9 Å². The van der Waals surface area contributed by atoms with Gasteiger partial charge in [-0.05, 0) is 25.3 Å². The largest absolute Gasteiger partial charge is 0.298 e. The highest BCUT2D eigenvalue weighted by Gasteiger charge is 2.03. The van der Waals surface area contributed by atoms with Crippen LogP contribution in [0, 0.1) is 0 Å². The smallest absolute Gasteiger partial charge is 0.188 e. The number of unbranched alkanes of at least 4 members (excludes halogenated alkanes) is 4. The van der Waals surface area contributed by atoms with Crippen LogP contribution in [0.5, 0.6) is 0 Å². The monoisotopic (exact) mass is 222 g/mol. The molecule has 2 heteroatoms. The third-order valence-electron chi connectivity index (χ3n) is 2.31. The molecule has 0 amide bonds. The molecule has 0 bridgehead atoms. The average molecular weight is 222 g/mol. The molecule has 0 radical (unpaired) electrons. The number of allylic oxidation sites excluding steroid dienone is 4. The number of carbonyl (C=O) groups is 2. The topological polar surface area (TPSA) is 34.1 Å². The molecule has 0 saturated heterocycles. The van der Waals surface area contributed by atoms with Crippen molar-refractivity contribution in [2.24, 2.45) is 0 Å². The molecule has 0 unspecified atom stereocenters. The van der Waals surface area contributed by atoms with Gasteiger partial charge in [-0.1, -0.05) is 45.3 Å². The second-order valence-corrected chi connectivity index (χ2v) is 3.83. The molecule has 0 heterocycles. The van der Waals surface area contributed by atoms with Crippen LogP contribution in [0.4, 0.5) is 0 Å². The van der Waals surface area contributed by atoms with Gasteiger partial charge in [0.2, 0.25) is 0 Å². The quantitative estimate of drug-likeness (QED) is 0.196. The van der Waals surface area contributed by atoms with E-state index in [1.54, 1.807) is 6.08 Å². The van der Waals surface area contributed by atoms with Crippen molar-refractivity contribution in [3.8, 4) is 0 Å². The van der Waals surface area contributed by atoms with Crippen LogP contribution in [0.3, 0.4) is 0 Å². The standard InChI is InChI=1S/C14H22O2/c1-3-5-7-9-10-13(12-15)14(16)11-8-6-4-2/h8,10-12H,3-7,9H2,1-2H3. The minimum atomic E-state index is -0.167. The number of aldehydes is 1. The van der Waals surface area contributed by atoms with Gasteiger partial charge < -0.3 is 0 Å². The van der Waals surface area contributed by atoms with Crippen LogP contribution in [-0.4, -0.2) is 12.1 Å². The summed E-state index contributed by atoms with van der Waals surface area (Å²) in [6.07, 6.45) is 11.8. The fourth-order valence-electron chi connectivity index (χ4n) is 1.31. The molecule has 0 aliphatic rings. The van der Waals surface area contributed by atoms with E-state index in [1.807, 2.05) is 6.08 Å². The molecule has 0 spiro atoms. The van der Waals surface area contributed by atoms with E-state index in [2.05, 4.69) is 13.8 Å². The molecule has 0 aromatic heterocycles. The summed E-state index contributed by atoms with van der Waals surface area (Å²) in [6.45, 7) is 4.18. The predicted octanol–water partition coefficient (Wildman–Crippen LogP) is 3.62. The van der Waals surface area contributed by atoms with Crippen LogP contribution in [0.15, 0.2) is 23.8 Å². The fourth-order valence-corrected chi connectivity index (χ4v) is 1.31. The molecule has 0 saturated carbocycles. The Morgan fingerprint density at radius 1 is 1.06 bits per heavy atom. The van der Waals surface area contributed by atoms with E-state index in [1.165, 1.54) is 6.08 Å². The zero-order valence-electron chi connectivity index (χ0n) is 10.4. The molecule has 16 heavy (non-hydrogen) atoms. The van der Waals surface area contributed by atoms with Crippen LogP contribution < -0.4 is 0 Å². The van der Waals surface area contributed by atoms with Crippen molar-refractivity contribution in [3.05, 3.63) is 23.8 Å². The molecule has 0 aromatic rings. The molecule has 0 rings (SSSR count). The minimum absolute atomic E-state index is 0.167. The lowest BCUT2D eigenvalue weighted by Crippen LogP contribution is -1.99. The maximum Gasteiger partial charge on any atom is 0.188 e. The van der Waals surface area contributed by atoms with Crippen molar-refractivity contribution in [3.63, 3.8) is 0 Å². The van der Waals surface area contributed by atoms with E-state index < -0.39 is 0 Å². The van der Waals surface area contributed by atoms with Gasteiger partial charge >= 0.3 is 0 Å². The lowest BCUT2D eigenvalue weighted by molar-refractivity contribution is -0.114. The van der Waals surface area contributed by atoms with Crippen molar-refractivity contribution < 1.29 is 9.59 Å². The van der Waals surface area contributed by atoms with Crippen molar-refractivity contribution >= 4 is 12.1 Å². The van der Waals surface area contributed by atoms with Gasteiger partial charge in [-0.25, -0.2) is 0 Å². The third kappa shape index (κ3) is 7.16. The van der Waals surface area contributed by atoms with E-state index in [0.717, 1.165) is 38.5 Å². The summed E-state index contributed by atoms with van der Waals surface area (Å²) in [7, 11) is 0. The Morgan fingerprint density at radius 2 is 1.81 bits per heavy atom. The van der Waals surface area contributed by atoms with Crippen LogP contribution in [0.25, 0.3) is 0 Å². The highest BCUT2D eigenvalue weighted by Crippen LogP contribution is 2.04. The van der Waals surface area contributed by atoms with E-state index in [-0.39, 0.29) is 5.78 Å². The molecular formula is C14H22O2. The maximum atomic E-state index is 11.5. The summed E-state index contributed by atoms with van der Waals surface area (Å²) in [6, 6.07) is 0. The average Bonchev–Trinajstić information content (AvgIpc) is 2.29. The SMILES string of the molecule is CCCC=CC(=O)C(C=O)=CCCCCC. The summed E-state index contributed by atoms with van der Waals surface area (Å²) >= 11 is 0. The Kier molecular flexibility index (Phi) is 9.58. The maximum absolute atomic E-state index is 11.5. The number of rotatable bonds is 9. The van der Waals surface area contributed by atoms with Gasteiger partial charge in [-0.2, -0.15) is 0 Å². The molecule has 0 fully saturated rings. The second-order valence-electron chi connectivity index (χ2n) is 3.83. The Balaban J connectivity index is 4.14. The zero-order valence-corrected chi connectivity index (χ0v) is 10.4. The molecule has 0 N–H and O–H groups in total. The summed E-state index contributed by atoms with van der Waals surface area (Å²) in [5.74, 6) is -0.167. The first-order valence-corrected chi connectivity index (χ1v) is 6.12. The van der Waals surface area contributed by atoms with Crippen LogP contribution in [-0.2, 0) is 9.59 Å². The first kappa shape index (κ1) is 14.8. The van der Waals surface area contributed by atoms with Gasteiger partial charge in [0.05, 0.1) is 5.57 Å². The normalized spacial score (nSPS) is 12.0. The molecule has 0 aromatic carbocycles. The lowest BCUT2D eigenvalue weighted by atomic mass is 10.1. The summed E-state index contributed by atoms with van der Waals surface area (Å²) < 4.78 is 0. The summed E-state index contributed by atoms with van der Waals surface area (Å²) in [4.78, 5) is 22.2. The van der Waals surface area contributed by atoms with Crippen LogP contribution >= 0.6 is 0 Å². The van der Waals surface area contributed by atoms with E-state index in [9.17, 15) is 9.59 Å². The first-order valence-electron chi connectivity index (χ1n) is 6.12. The van der Waals surface area contributed by atoms with Crippen LogP contribution in [0.1, 0.15) is 52.4 Å². The number of hydrogen-bond donors (Lipinski definition) is 0. The molecule has 90 valence electrons. The molecule has 0 aliphatic heterocycles. The lowest BCUT2D eigenvalue weighted by Gasteiger charge is -1.95. The predicted molar refractivity (Wildman–Crippen MR) is 67.3 cm³/mol. The third-order valence-corrected chi connectivity index (χ3v) is 2.31. The molecular weight excluding hydrogens is 200 g/mol. The van der Waals surface area contributed by atoms with Crippen LogP contribution in [0.2, 0.25) is 0 Å². The Labute approximate surface area is 98.4 Å². The zero-order chi connectivity index (χ0) is 12.2. The Hall–Kier alpha value is -1.18. The van der Waals surface area contributed by atoms with Crippen molar-refractivity contribution in [2.75, 3.05) is 0 Å². The summed E-state index contributed by atoms with van der Waals surface area (Å²) in [5.41, 5.74) is 0.295. The van der Waals surface area contributed by atoms with Gasteiger partial charge in [-0.15, -0.1) is 0 Å². The Morgan fingerprint density at radius 3 is 2.38 bits per heavy atom. The first-order chi connectivity index (χ1) is 7.76. The van der Waals surface area contributed by atoms with Crippen molar-refractivity contribution in [2.45, 2.75) is 52.4 Å². The van der Waals surface area contributed by atoms with Crippen molar-refractivity contribution in [1.29, 1.82) is 0 Å². The van der Waals surface area contributed by atoms with Gasteiger partial charge in [0, 0.05) is 0 Å². The van der Waals surface area contributed by atoms with E-state index >= 15 is 0 Å². The van der Waals surface area contributed by atoms with Crippen molar-refractivity contribution in [1.82, 2.24) is 0 Å². The Bertz CT molecular complexity index is 262. The number of hydrogen-bond acceptors (Lipinski definition) is 2. The highest BCUT2D eigenvalue weighted by atomic mass is 16.1. The number of carbonyl (C=O) groups excluding carboxylic acids is 2. The van der Waals surface area contributed by atoms with Gasteiger partial charge in [0.1, 0.15) is 0 Å². The summed E-state index contributed by atoms with van der Waals surface area (Å²) in [5, 5.41) is 0. The van der Waals surface area contributed by atoms with Gasteiger partial charge in [0.15, 0.2) is 12.1 Å². The van der Waals surface area contributed by atoms with Gasteiger partial charge in [-0.3, -0.25) is 9.59 Å². The molecule has 0 aliphatic carbocycles. The number of ketones is 1. The second kappa shape index (κ2) is 10.3. The molecule has 0 atom stereocenters. The molecule has 2 nitrogen and oxygen atoms in total. The minimum Gasteiger partial charge on any atom is -0.298 e. The van der Waals surface area contributed by atoms with E-state index in [4.69, 9.17) is 0 Å². The van der Waals surface area contributed by atoms with Gasteiger partial charge in [0.25, 0.3) is 0 Å².